The van der Waals surface area contributed by atoms with E-state index in [0.717, 1.165) is 11.1 Å². The first-order chi connectivity index (χ1) is 13.0. The number of furan rings is 1. The van der Waals surface area contributed by atoms with Crippen LogP contribution in [0.4, 0.5) is 0 Å². The molecule has 1 heterocycles. The van der Waals surface area contributed by atoms with Crippen molar-refractivity contribution < 1.29 is 23.5 Å². The van der Waals surface area contributed by atoms with Gasteiger partial charge >= 0.3 is 5.97 Å². The van der Waals surface area contributed by atoms with Gasteiger partial charge < -0.3 is 13.9 Å². The maximum absolute atomic E-state index is 12.2. The van der Waals surface area contributed by atoms with Crippen LogP contribution in [0.2, 0.25) is 0 Å². The predicted octanol–water partition coefficient (Wildman–Crippen LogP) is 4.52. The van der Waals surface area contributed by atoms with Gasteiger partial charge in [0.25, 0.3) is 0 Å². The molecule has 0 spiro atoms. The number of benzene rings is 2. The number of carbonyl (C=O) groups is 2. The van der Waals surface area contributed by atoms with Gasteiger partial charge in [0.15, 0.2) is 12.4 Å². The molecule has 0 aliphatic heterocycles. The van der Waals surface area contributed by atoms with Crippen molar-refractivity contribution in [2.75, 3.05) is 6.61 Å². The Morgan fingerprint density at radius 3 is 2.44 bits per heavy atom. The summed E-state index contributed by atoms with van der Waals surface area (Å²) in [5.41, 5.74) is 2.63. The Balaban J connectivity index is 1.53. The molecule has 5 nitrogen and oxygen atoms in total. The summed E-state index contributed by atoms with van der Waals surface area (Å²) >= 11 is 0. The number of ketones is 1. The summed E-state index contributed by atoms with van der Waals surface area (Å²) in [6.45, 7) is 3.76. The first kappa shape index (κ1) is 18.5. The van der Waals surface area contributed by atoms with Gasteiger partial charge in [-0.1, -0.05) is 30.3 Å². The fourth-order valence-corrected chi connectivity index (χ4v) is 2.44. The number of Topliss-reactive ketones (excluding diaryl/α,β-unsaturated/α-hetero) is 1. The molecule has 0 aliphatic rings. The second kappa shape index (κ2) is 8.36. The van der Waals surface area contributed by atoms with Crippen LogP contribution in [0, 0.1) is 13.8 Å². The number of para-hydroxylation sites is 1. The van der Waals surface area contributed by atoms with Crippen LogP contribution in [0.1, 0.15) is 37.8 Å². The Bertz CT molecular complexity index is 940. The summed E-state index contributed by atoms with van der Waals surface area (Å²) in [5, 5.41) is 0. The van der Waals surface area contributed by atoms with E-state index in [2.05, 4.69) is 0 Å². The maximum Gasteiger partial charge on any atom is 0.374 e. The van der Waals surface area contributed by atoms with E-state index in [1.807, 2.05) is 50.2 Å². The summed E-state index contributed by atoms with van der Waals surface area (Å²) in [6.07, 6.45) is 0. The van der Waals surface area contributed by atoms with Crippen molar-refractivity contribution in [3.63, 3.8) is 0 Å². The Labute approximate surface area is 157 Å². The van der Waals surface area contributed by atoms with Gasteiger partial charge in [0, 0.05) is 5.56 Å². The molecule has 0 radical (unpaired) electrons. The largest absolute Gasteiger partial charge is 0.486 e. The van der Waals surface area contributed by atoms with E-state index in [9.17, 15) is 9.59 Å². The van der Waals surface area contributed by atoms with Crippen LogP contribution < -0.4 is 4.74 Å². The van der Waals surface area contributed by atoms with Gasteiger partial charge in [-0.25, -0.2) is 4.79 Å². The van der Waals surface area contributed by atoms with Crippen molar-refractivity contribution in [2.45, 2.75) is 20.5 Å². The van der Waals surface area contributed by atoms with Crippen molar-refractivity contribution in [1.29, 1.82) is 0 Å². The van der Waals surface area contributed by atoms with E-state index < -0.39 is 5.97 Å². The van der Waals surface area contributed by atoms with Gasteiger partial charge in [0.1, 0.15) is 18.1 Å². The Hall–Kier alpha value is -3.34. The lowest BCUT2D eigenvalue weighted by Crippen LogP contribution is -2.14. The zero-order valence-electron chi connectivity index (χ0n) is 15.2. The maximum atomic E-state index is 12.2. The van der Waals surface area contributed by atoms with E-state index >= 15 is 0 Å². The number of hydrogen-bond donors (Lipinski definition) is 0. The zero-order chi connectivity index (χ0) is 19.2. The zero-order valence-corrected chi connectivity index (χ0v) is 15.2. The molecule has 3 aromatic rings. The predicted molar refractivity (Wildman–Crippen MR) is 100 cm³/mol. The molecule has 0 saturated heterocycles. The SMILES string of the molecule is Cc1ccc(C(=O)COC(=O)c2ccc(COc3ccccc3)o2)cc1C. The Kier molecular flexibility index (Phi) is 5.71. The first-order valence-corrected chi connectivity index (χ1v) is 8.57. The molecule has 5 heteroatoms. The van der Waals surface area contributed by atoms with Crippen molar-refractivity contribution in [3.8, 4) is 5.75 Å². The highest BCUT2D eigenvalue weighted by molar-refractivity contribution is 5.99. The van der Waals surface area contributed by atoms with Crippen LogP contribution in [0.25, 0.3) is 0 Å². The molecule has 3 rings (SSSR count). The summed E-state index contributed by atoms with van der Waals surface area (Å²) in [5.74, 6) is 0.293. The summed E-state index contributed by atoms with van der Waals surface area (Å²) < 4.78 is 16.1. The minimum atomic E-state index is -0.682. The summed E-state index contributed by atoms with van der Waals surface area (Å²) in [6, 6.07) is 17.8. The third kappa shape index (κ3) is 4.85. The van der Waals surface area contributed by atoms with E-state index in [-0.39, 0.29) is 24.8 Å². The number of carbonyl (C=O) groups excluding carboxylic acids is 2. The molecule has 0 unspecified atom stereocenters. The third-order valence-electron chi connectivity index (χ3n) is 4.15. The van der Waals surface area contributed by atoms with Crippen LogP contribution >= 0.6 is 0 Å². The lowest BCUT2D eigenvalue weighted by Gasteiger charge is -2.05. The minimum absolute atomic E-state index is 0.0366. The van der Waals surface area contributed by atoms with Gasteiger partial charge in [0.2, 0.25) is 5.76 Å². The van der Waals surface area contributed by atoms with Gasteiger partial charge in [-0.05, 0) is 55.3 Å². The molecular weight excluding hydrogens is 344 g/mol. The van der Waals surface area contributed by atoms with Gasteiger partial charge in [0.05, 0.1) is 0 Å². The fourth-order valence-electron chi connectivity index (χ4n) is 2.44. The third-order valence-corrected chi connectivity index (χ3v) is 4.15. The van der Waals surface area contributed by atoms with Gasteiger partial charge in [-0.2, -0.15) is 0 Å². The highest BCUT2D eigenvalue weighted by Gasteiger charge is 2.16. The molecule has 0 fully saturated rings. The van der Waals surface area contributed by atoms with E-state index in [1.54, 1.807) is 18.2 Å². The standard InChI is InChI=1S/C22H20O5/c1-15-8-9-17(12-16(15)2)20(23)14-26-22(24)21-11-10-19(27-21)13-25-18-6-4-3-5-7-18/h3-12H,13-14H2,1-2H3. The van der Waals surface area contributed by atoms with Crippen molar-refractivity contribution >= 4 is 11.8 Å². The van der Waals surface area contributed by atoms with Crippen LogP contribution in [-0.4, -0.2) is 18.4 Å². The van der Waals surface area contributed by atoms with Crippen LogP contribution in [0.5, 0.6) is 5.75 Å². The smallest absolute Gasteiger partial charge is 0.374 e. The Morgan fingerprint density at radius 2 is 1.70 bits per heavy atom. The quantitative estimate of drug-likeness (QED) is 0.456. The molecule has 0 N–H and O–H groups in total. The molecular formula is C22H20O5. The second-order valence-corrected chi connectivity index (χ2v) is 6.17. The van der Waals surface area contributed by atoms with Crippen molar-refractivity contribution in [3.05, 3.63) is 88.9 Å². The van der Waals surface area contributed by atoms with E-state index in [4.69, 9.17) is 13.9 Å². The van der Waals surface area contributed by atoms with Gasteiger partial charge in [-0.15, -0.1) is 0 Å². The molecule has 0 atom stereocenters. The molecule has 0 aliphatic carbocycles. The van der Waals surface area contributed by atoms with Gasteiger partial charge in [-0.3, -0.25) is 4.79 Å². The normalized spacial score (nSPS) is 10.4. The van der Waals surface area contributed by atoms with E-state index in [1.165, 1.54) is 6.07 Å². The number of esters is 1. The van der Waals surface area contributed by atoms with Crippen LogP contribution in [0.15, 0.2) is 65.1 Å². The summed E-state index contributed by atoms with van der Waals surface area (Å²) in [4.78, 5) is 24.3. The molecule has 2 aromatic carbocycles. The second-order valence-electron chi connectivity index (χ2n) is 6.17. The topological polar surface area (TPSA) is 65.7 Å². The number of rotatable bonds is 7. The molecule has 0 saturated carbocycles. The number of ether oxygens (including phenoxy) is 2. The molecule has 27 heavy (non-hydrogen) atoms. The average Bonchev–Trinajstić information content (AvgIpc) is 3.16. The number of hydrogen-bond acceptors (Lipinski definition) is 5. The highest BCUT2D eigenvalue weighted by atomic mass is 16.5. The lowest BCUT2D eigenvalue weighted by atomic mass is 10.0. The molecule has 0 amide bonds. The summed E-state index contributed by atoms with van der Waals surface area (Å²) in [7, 11) is 0. The average molecular weight is 364 g/mol. The van der Waals surface area contributed by atoms with E-state index in [0.29, 0.717) is 17.1 Å². The van der Waals surface area contributed by atoms with Crippen LogP contribution in [-0.2, 0) is 11.3 Å². The number of aryl methyl sites for hydroxylation is 2. The molecule has 0 bridgehead atoms. The monoisotopic (exact) mass is 364 g/mol. The highest BCUT2D eigenvalue weighted by Crippen LogP contribution is 2.15. The molecule has 1 aromatic heterocycles. The van der Waals surface area contributed by atoms with Crippen molar-refractivity contribution in [1.82, 2.24) is 0 Å². The minimum Gasteiger partial charge on any atom is -0.486 e. The van der Waals surface area contributed by atoms with Crippen molar-refractivity contribution in [2.24, 2.45) is 0 Å². The Morgan fingerprint density at radius 1 is 0.926 bits per heavy atom. The molecule has 138 valence electrons. The lowest BCUT2D eigenvalue weighted by molar-refractivity contribution is 0.0440. The first-order valence-electron chi connectivity index (χ1n) is 8.57. The van der Waals surface area contributed by atoms with Crippen LogP contribution in [0.3, 0.4) is 0 Å². The fraction of sp³-hybridized carbons (Fsp3) is 0.182.